The Balaban J connectivity index is -0.000000696. The van der Waals surface area contributed by atoms with E-state index in [0.29, 0.717) is 0 Å². The van der Waals surface area contributed by atoms with Gasteiger partial charge in [-0.2, -0.15) is 0 Å². The molecule has 0 fully saturated rings. The molecule has 0 N–H and O–H groups in total. The Morgan fingerprint density at radius 1 is 0.455 bits per heavy atom. The first kappa shape index (κ1) is 58.5. The van der Waals surface area contributed by atoms with Gasteiger partial charge in [-0.05, 0) is 149 Å². The van der Waals surface area contributed by atoms with Gasteiger partial charge in [0.05, 0.1) is 0 Å². The largest absolute Gasteiger partial charge is 0.415 e. The predicted octanol–water partition coefficient (Wildman–Crippen LogP) is 14.4. The average Bonchev–Trinajstić information content (AvgIpc) is 2.91. The summed E-state index contributed by atoms with van der Waals surface area (Å²) in [6, 6.07) is 21.6. The summed E-state index contributed by atoms with van der Waals surface area (Å²) >= 11 is 0. The first-order valence-electron chi connectivity index (χ1n) is 21.1. The molecule has 0 amide bonds. The van der Waals surface area contributed by atoms with Crippen LogP contribution in [0.5, 0.6) is 0 Å². The summed E-state index contributed by atoms with van der Waals surface area (Å²) in [7, 11) is -5.98. The van der Waals surface area contributed by atoms with Gasteiger partial charge >= 0.3 is 0 Å². The molecule has 2 aromatic carbocycles. The van der Waals surface area contributed by atoms with Gasteiger partial charge in [-0.15, -0.1) is 0 Å². The Labute approximate surface area is 350 Å². The first-order chi connectivity index (χ1) is 24.2. The van der Waals surface area contributed by atoms with Crippen LogP contribution in [0.1, 0.15) is 152 Å². The van der Waals surface area contributed by atoms with Gasteiger partial charge in [0.15, 0.2) is 25.7 Å². The first-order valence-corrected chi connectivity index (χ1v) is 31.7. The summed E-state index contributed by atoms with van der Waals surface area (Å²) < 4.78 is 24.5. The second-order valence-electron chi connectivity index (χ2n) is 22.4. The van der Waals surface area contributed by atoms with E-state index in [1.807, 2.05) is 0 Å². The summed E-state index contributed by atoms with van der Waals surface area (Å²) in [5.41, 5.74) is 1.43. The fourth-order valence-corrected chi connectivity index (χ4v) is 17.8. The van der Waals surface area contributed by atoms with Crippen molar-refractivity contribution in [2.24, 2.45) is 0 Å². The van der Waals surface area contributed by atoms with Gasteiger partial charge in [-0.25, -0.2) is 0 Å². The van der Waals surface area contributed by atoms with Crippen LogP contribution in [-0.4, -0.2) is 56.4 Å². The lowest BCUT2D eigenvalue weighted by Gasteiger charge is -2.46. The molecule has 324 valence electrons. The van der Waals surface area contributed by atoms with Crippen molar-refractivity contribution < 1.29 is 17.7 Å². The fourth-order valence-electron chi connectivity index (χ4n) is 6.40. The zero-order valence-corrected chi connectivity index (χ0v) is 46.0. The van der Waals surface area contributed by atoms with Crippen molar-refractivity contribution in [2.75, 3.05) is 0 Å². The Hall–Kier alpha value is -0.852. The maximum absolute atomic E-state index is 6.90. The number of benzene rings is 2. The summed E-state index contributed by atoms with van der Waals surface area (Å²) in [6.45, 7) is 59.1. The molecule has 0 radical (unpaired) electrons. The molecule has 0 atom stereocenters. The SMILES string of the molecule is CC(C)(C)O[Si](C)(C)C.CC(C)(C)O[Si](C)(C)C.CC(C)(C)O[Si](c1ccccc1)(c1ccccc1)C(C)(C)C.CC(C)[SiH](OC(C)(C)C)C(C)C.CCC. The molecule has 2 aromatic rings. The zero-order chi connectivity index (χ0) is 44.5. The predicted molar refractivity (Wildman–Crippen MR) is 261 cm³/mol. The van der Waals surface area contributed by atoms with Gasteiger partial charge in [0.25, 0.3) is 8.32 Å². The molecule has 0 aromatic heterocycles. The normalized spacial score (nSPS) is 13.1. The number of hydrogen-bond acceptors (Lipinski definition) is 4. The highest BCUT2D eigenvalue weighted by molar-refractivity contribution is 6.99. The van der Waals surface area contributed by atoms with Crippen LogP contribution in [0.2, 0.25) is 55.4 Å². The molecule has 0 saturated heterocycles. The van der Waals surface area contributed by atoms with Crippen LogP contribution in [0.25, 0.3) is 0 Å². The molecule has 2 rings (SSSR count). The monoisotopic (exact) mass is 837 g/mol. The second-order valence-corrected chi connectivity index (χ2v) is 39.3. The van der Waals surface area contributed by atoms with Crippen LogP contribution in [0.15, 0.2) is 60.7 Å². The fraction of sp³-hybridized carbons (Fsp3) is 0.745. The second kappa shape index (κ2) is 24.3. The highest BCUT2D eigenvalue weighted by Crippen LogP contribution is 2.39. The van der Waals surface area contributed by atoms with E-state index in [9.17, 15) is 0 Å². The molecule has 0 unspecified atom stereocenters. The molecule has 0 saturated carbocycles. The van der Waals surface area contributed by atoms with Gasteiger partial charge < -0.3 is 17.7 Å². The van der Waals surface area contributed by atoms with Crippen LogP contribution in [0, 0.1) is 0 Å². The van der Waals surface area contributed by atoms with Crippen LogP contribution < -0.4 is 10.4 Å². The van der Waals surface area contributed by atoms with E-state index in [1.165, 1.54) is 16.8 Å². The van der Waals surface area contributed by atoms with Crippen molar-refractivity contribution in [1.82, 2.24) is 0 Å². The Morgan fingerprint density at radius 2 is 0.709 bits per heavy atom. The topological polar surface area (TPSA) is 36.9 Å². The average molecular weight is 838 g/mol. The Morgan fingerprint density at radius 3 is 0.836 bits per heavy atom. The molecule has 0 spiro atoms. The van der Waals surface area contributed by atoms with Crippen molar-refractivity contribution in [2.45, 2.75) is 230 Å². The lowest BCUT2D eigenvalue weighted by molar-refractivity contribution is 0.117. The minimum Gasteiger partial charge on any atom is -0.415 e. The lowest BCUT2D eigenvalue weighted by Crippen LogP contribution is -2.68. The van der Waals surface area contributed by atoms with Crippen molar-refractivity contribution >= 4 is 44.4 Å². The Kier molecular flexibility index (Phi) is 25.8. The lowest BCUT2D eigenvalue weighted by atomic mass is 10.2. The third-order valence-electron chi connectivity index (χ3n) is 6.90. The van der Waals surface area contributed by atoms with E-state index >= 15 is 0 Å². The minimum atomic E-state index is -2.38. The number of hydrogen-bond donors (Lipinski definition) is 0. The summed E-state index contributed by atoms with van der Waals surface area (Å²) in [5, 5.41) is 2.72. The van der Waals surface area contributed by atoms with Gasteiger partial charge in [-0.3, -0.25) is 0 Å². The molecule has 0 aliphatic rings. The molecular weight excluding hydrogens is 741 g/mol. The van der Waals surface area contributed by atoms with Crippen molar-refractivity contribution in [3.8, 4) is 0 Å². The van der Waals surface area contributed by atoms with E-state index in [0.717, 1.165) is 11.1 Å². The highest BCUT2D eigenvalue weighted by atomic mass is 28.4. The van der Waals surface area contributed by atoms with E-state index in [4.69, 9.17) is 17.7 Å². The van der Waals surface area contributed by atoms with Crippen LogP contribution >= 0.6 is 0 Å². The summed E-state index contributed by atoms with van der Waals surface area (Å²) in [5.74, 6) is 0. The van der Waals surface area contributed by atoms with E-state index < -0.39 is 34.0 Å². The molecule has 0 bridgehead atoms. The van der Waals surface area contributed by atoms with E-state index in [2.05, 4.69) is 245 Å². The van der Waals surface area contributed by atoms with Gasteiger partial charge in [0.1, 0.15) is 0 Å². The van der Waals surface area contributed by atoms with Gasteiger partial charge in [-0.1, -0.05) is 129 Å². The van der Waals surface area contributed by atoms with E-state index in [1.54, 1.807) is 0 Å². The Bertz CT molecular complexity index is 1130. The maximum atomic E-state index is 6.90. The van der Waals surface area contributed by atoms with Crippen LogP contribution in [0.3, 0.4) is 0 Å². The van der Waals surface area contributed by atoms with Crippen molar-refractivity contribution in [3.05, 3.63) is 60.7 Å². The quantitative estimate of drug-likeness (QED) is 0.248. The molecule has 4 nitrogen and oxygen atoms in total. The molecule has 55 heavy (non-hydrogen) atoms. The van der Waals surface area contributed by atoms with Gasteiger partial charge in [0, 0.05) is 22.4 Å². The molecule has 0 aliphatic carbocycles. The molecule has 0 aliphatic heterocycles. The standard InChI is InChI=1S/C20H28OSi.C10H24OSi.2C7H18OSi.C3H8/c1-19(2,3)21-22(20(4,5)6,17-13-9-7-10-14-17)18-15-11-8-12-16-18;1-8(2)12(9(3)4)11-10(5,6)7;2*1-7(2,3)8-9(4,5)6;1-3-2/h7-16H,1-6H3;8-9,12H,1-7H3;2*1-6H3;3H2,1-2H3. The molecule has 8 heteroatoms. The highest BCUT2D eigenvalue weighted by Gasteiger charge is 2.52. The molecule has 0 heterocycles. The van der Waals surface area contributed by atoms with E-state index in [-0.39, 0.29) is 27.4 Å². The molecular formula is C47H96O4Si4. The smallest absolute Gasteiger partial charge is 0.261 e. The van der Waals surface area contributed by atoms with Gasteiger partial charge in [0.2, 0.25) is 0 Å². The minimum absolute atomic E-state index is 0.0446. The van der Waals surface area contributed by atoms with Crippen LogP contribution in [0.4, 0.5) is 0 Å². The summed E-state index contributed by atoms with van der Waals surface area (Å²) in [6.07, 6.45) is 1.25. The zero-order valence-electron chi connectivity index (χ0n) is 41.8. The third-order valence-corrected chi connectivity index (χ3v) is 18.3. The summed E-state index contributed by atoms with van der Waals surface area (Å²) in [4.78, 5) is 0. The van der Waals surface area contributed by atoms with Crippen LogP contribution in [-0.2, 0) is 17.7 Å². The van der Waals surface area contributed by atoms with Crippen molar-refractivity contribution in [3.63, 3.8) is 0 Å². The third kappa shape index (κ3) is 30.8. The maximum Gasteiger partial charge on any atom is 0.261 e. The number of rotatable bonds is 8. The van der Waals surface area contributed by atoms with Crippen molar-refractivity contribution in [1.29, 1.82) is 0 Å².